The number of ether oxygens (including phenoxy) is 1. The maximum atomic E-state index is 12.5. The van der Waals surface area contributed by atoms with Gasteiger partial charge in [0.05, 0.1) is 28.9 Å². The molecule has 150 valence electrons. The van der Waals surface area contributed by atoms with E-state index in [0.717, 1.165) is 27.9 Å². The molecule has 4 rings (SSSR count). The van der Waals surface area contributed by atoms with Crippen LogP contribution in [0.25, 0.3) is 22.4 Å². The van der Waals surface area contributed by atoms with Crippen LogP contribution in [0.3, 0.4) is 0 Å². The summed E-state index contributed by atoms with van der Waals surface area (Å²) in [6.07, 6.45) is 1.57. The van der Waals surface area contributed by atoms with Crippen molar-refractivity contribution >= 4 is 34.8 Å². The zero-order valence-electron chi connectivity index (χ0n) is 16.2. The molecule has 0 atom stereocenters. The predicted molar refractivity (Wildman–Crippen MR) is 119 cm³/mol. The summed E-state index contributed by atoms with van der Waals surface area (Å²) in [6.45, 7) is 2.51. The number of hydrogen-bond donors (Lipinski definition) is 2. The highest BCUT2D eigenvalue weighted by Crippen LogP contribution is 2.27. The number of imidazole rings is 1. The van der Waals surface area contributed by atoms with Crippen molar-refractivity contribution in [3.63, 3.8) is 0 Å². The maximum absolute atomic E-state index is 12.5. The van der Waals surface area contributed by atoms with E-state index < -0.39 is 0 Å². The molecule has 0 spiro atoms. The Morgan fingerprint density at radius 2 is 2.03 bits per heavy atom. The molecular formula is C23H19ClN4O2. The van der Waals surface area contributed by atoms with Gasteiger partial charge in [-0.25, -0.2) is 10.4 Å². The summed E-state index contributed by atoms with van der Waals surface area (Å²) in [5.41, 5.74) is 6.14. The first-order valence-corrected chi connectivity index (χ1v) is 9.83. The van der Waals surface area contributed by atoms with Crippen LogP contribution >= 0.6 is 11.6 Å². The van der Waals surface area contributed by atoms with Crippen molar-refractivity contribution in [2.45, 2.75) is 6.92 Å². The molecule has 6 nitrogen and oxygen atoms in total. The van der Waals surface area contributed by atoms with E-state index in [4.69, 9.17) is 16.3 Å². The number of nitrogens with one attached hydrogen (secondary N) is 2. The number of aromatic amines is 1. The average molecular weight is 419 g/mol. The number of amides is 1. The summed E-state index contributed by atoms with van der Waals surface area (Å²) in [5.74, 6) is 1.09. The highest BCUT2D eigenvalue weighted by Gasteiger charge is 2.11. The predicted octanol–water partition coefficient (Wildman–Crippen LogP) is 5.05. The zero-order valence-corrected chi connectivity index (χ0v) is 17.0. The molecule has 0 radical (unpaired) electrons. The van der Waals surface area contributed by atoms with Crippen LogP contribution in [0.5, 0.6) is 5.75 Å². The van der Waals surface area contributed by atoms with Crippen LogP contribution in [0.2, 0.25) is 5.02 Å². The summed E-state index contributed by atoms with van der Waals surface area (Å²) in [5, 5.41) is 4.65. The Bertz CT molecular complexity index is 1230. The number of halogens is 1. The number of fused-ring (bicyclic) bond motifs is 1. The maximum Gasteiger partial charge on any atom is 0.271 e. The molecule has 0 aliphatic carbocycles. The van der Waals surface area contributed by atoms with Crippen LogP contribution in [0.15, 0.2) is 71.8 Å². The number of hydrogen-bond acceptors (Lipinski definition) is 4. The molecule has 0 fully saturated rings. The number of benzene rings is 3. The quantitative estimate of drug-likeness (QED) is 0.340. The van der Waals surface area contributed by atoms with Crippen LogP contribution in [0.1, 0.15) is 22.8 Å². The average Bonchev–Trinajstić information content (AvgIpc) is 3.17. The standard InChI is InChI=1S/C23H19ClN4O2/c1-2-30-17-7-5-6-15(12-17)14-25-28-23(29)16-10-11-20-21(13-16)27-22(26-20)18-8-3-4-9-19(18)24/h3-14H,2H2,1H3,(H,26,27)(H,28,29)/b25-14+. The second kappa shape index (κ2) is 8.80. The minimum absolute atomic E-state index is 0.317. The van der Waals surface area contributed by atoms with Crippen molar-refractivity contribution in [2.75, 3.05) is 6.61 Å². The molecule has 2 N–H and O–H groups in total. The van der Waals surface area contributed by atoms with Gasteiger partial charge in [0.15, 0.2) is 0 Å². The molecule has 1 amide bonds. The van der Waals surface area contributed by atoms with E-state index in [1.165, 1.54) is 0 Å². The molecule has 1 aromatic heterocycles. The van der Waals surface area contributed by atoms with Crippen molar-refractivity contribution in [1.29, 1.82) is 0 Å². The smallest absolute Gasteiger partial charge is 0.271 e. The number of carbonyl (C=O) groups is 1. The Morgan fingerprint density at radius 1 is 1.17 bits per heavy atom. The molecule has 1 heterocycles. The molecule has 0 aliphatic heterocycles. The fourth-order valence-corrected chi connectivity index (χ4v) is 3.24. The third-order valence-electron chi connectivity index (χ3n) is 4.42. The molecule has 0 bridgehead atoms. The lowest BCUT2D eigenvalue weighted by Crippen LogP contribution is -2.17. The Morgan fingerprint density at radius 3 is 2.87 bits per heavy atom. The van der Waals surface area contributed by atoms with Crippen molar-refractivity contribution in [3.05, 3.63) is 82.9 Å². The zero-order chi connectivity index (χ0) is 20.9. The summed E-state index contributed by atoms with van der Waals surface area (Å²) < 4.78 is 5.46. The van der Waals surface area contributed by atoms with E-state index in [0.29, 0.717) is 23.0 Å². The van der Waals surface area contributed by atoms with Crippen LogP contribution in [0.4, 0.5) is 0 Å². The van der Waals surface area contributed by atoms with Crippen LogP contribution < -0.4 is 10.2 Å². The second-order valence-electron chi connectivity index (χ2n) is 6.50. The first-order valence-electron chi connectivity index (χ1n) is 9.45. The second-order valence-corrected chi connectivity index (χ2v) is 6.91. The number of aromatic nitrogens is 2. The molecule has 0 unspecified atom stereocenters. The summed E-state index contributed by atoms with van der Waals surface area (Å²) in [4.78, 5) is 20.3. The van der Waals surface area contributed by atoms with Gasteiger partial charge in [-0.15, -0.1) is 0 Å². The van der Waals surface area contributed by atoms with E-state index in [1.807, 2.05) is 55.5 Å². The van der Waals surface area contributed by atoms with Crippen molar-refractivity contribution < 1.29 is 9.53 Å². The highest BCUT2D eigenvalue weighted by atomic mass is 35.5. The Labute approximate surface area is 178 Å². The van der Waals surface area contributed by atoms with E-state index in [9.17, 15) is 4.79 Å². The largest absolute Gasteiger partial charge is 0.494 e. The first kappa shape index (κ1) is 19.7. The van der Waals surface area contributed by atoms with Crippen molar-refractivity contribution in [2.24, 2.45) is 5.10 Å². The molecular weight excluding hydrogens is 400 g/mol. The van der Waals surface area contributed by atoms with E-state index in [2.05, 4.69) is 20.5 Å². The topological polar surface area (TPSA) is 79.4 Å². The first-order chi connectivity index (χ1) is 14.6. The van der Waals surface area contributed by atoms with Gasteiger partial charge in [0.25, 0.3) is 5.91 Å². The van der Waals surface area contributed by atoms with Crippen LogP contribution in [-0.2, 0) is 0 Å². The summed E-state index contributed by atoms with van der Waals surface area (Å²) >= 11 is 6.26. The van der Waals surface area contributed by atoms with Gasteiger partial charge < -0.3 is 9.72 Å². The lowest BCUT2D eigenvalue weighted by atomic mass is 10.2. The Kier molecular flexibility index (Phi) is 5.77. The lowest BCUT2D eigenvalue weighted by molar-refractivity contribution is 0.0955. The third kappa shape index (κ3) is 4.34. The normalized spacial score (nSPS) is 11.1. The summed E-state index contributed by atoms with van der Waals surface area (Å²) in [6, 6.07) is 20.2. The van der Waals surface area contributed by atoms with Gasteiger partial charge >= 0.3 is 0 Å². The van der Waals surface area contributed by atoms with Gasteiger partial charge in [-0.1, -0.05) is 35.9 Å². The highest BCUT2D eigenvalue weighted by molar-refractivity contribution is 6.33. The third-order valence-corrected chi connectivity index (χ3v) is 4.75. The van der Waals surface area contributed by atoms with E-state index in [-0.39, 0.29) is 5.91 Å². The Hall–Kier alpha value is -3.64. The molecule has 3 aromatic carbocycles. The van der Waals surface area contributed by atoms with E-state index in [1.54, 1.807) is 24.4 Å². The summed E-state index contributed by atoms with van der Waals surface area (Å²) in [7, 11) is 0. The minimum atomic E-state index is -0.317. The van der Waals surface area contributed by atoms with Gasteiger partial charge in [-0.05, 0) is 55.0 Å². The van der Waals surface area contributed by atoms with Gasteiger partial charge in [0.2, 0.25) is 0 Å². The monoisotopic (exact) mass is 418 g/mol. The van der Waals surface area contributed by atoms with Gasteiger partial charge in [-0.2, -0.15) is 5.10 Å². The number of nitrogens with zero attached hydrogens (tertiary/aromatic N) is 2. The van der Waals surface area contributed by atoms with Crippen LogP contribution in [0, 0.1) is 0 Å². The van der Waals surface area contributed by atoms with Crippen molar-refractivity contribution in [3.8, 4) is 17.1 Å². The minimum Gasteiger partial charge on any atom is -0.494 e. The fourth-order valence-electron chi connectivity index (χ4n) is 3.01. The number of rotatable bonds is 6. The van der Waals surface area contributed by atoms with Gasteiger partial charge in [0, 0.05) is 11.1 Å². The van der Waals surface area contributed by atoms with Crippen molar-refractivity contribution in [1.82, 2.24) is 15.4 Å². The molecule has 7 heteroatoms. The SMILES string of the molecule is CCOc1cccc(/C=N/NC(=O)c2ccc3nc(-c4ccccc4Cl)[nH]c3c2)c1. The molecule has 0 saturated heterocycles. The molecule has 0 aliphatic rings. The van der Waals surface area contributed by atoms with Crippen LogP contribution in [-0.4, -0.2) is 28.7 Å². The molecule has 30 heavy (non-hydrogen) atoms. The van der Waals surface area contributed by atoms with Gasteiger partial charge in [-0.3, -0.25) is 4.79 Å². The number of hydrazone groups is 1. The lowest BCUT2D eigenvalue weighted by Gasteiger charge is -2.03. The van der Waals surface area contributed by atoms with Gasteiger partial charge in [0.1, 0.15) is 11.6 Å². The Balaban J connectivity index is 1.49. The molecule has 4 aromatic rings. The fraction of sp³-hybridized carbons (Fsp3) is 0.0870. The molecule has 0 saturated carbocycles. The number of carbonyl (C=O) groups excluding carboxylic acids is 1. The number of H-pyrrole nitrogens is 1. The van der Waals surface area contributed by atoms with E-state index >= 15 is 0 Å².